The molecule has 20 heavy (non-hydrogen) atoms. The van der Waals surface area contributed by atoms with Gasteiger partial charge in [-0.3, -0.25) is 10.1 Å². The molecule has 0 aliphatic rings. The van der Waals surface area contributed by atoms with Gasteiger partial charge in [-0.05, 0) is 25.0 Å². The van der Waals surface area contributed by atoms with Crippen LogP contribution >= 0.6 is 0 Å². The van der Waals surface area contributed by atoms with Crippen LogP contribution in [0.4, 0.5) is 11.5 Å². The van der Waals surface area contributed by atoms with Crippen molar-refractivity contribution in [2.75, 3.05) is 5.32 Å². The van der Waals surface area contributed by atoms with Crippen LogP contribution in [0.1, 0.15) is 30.5 Å². The maximum atomic E-state index is 11.0. The Bertz CT molecular complexity index is 596. The number of hydrogen-bond donors (Lipinski definition) is 1. The van der Waals surface area contributed by atoms with E-state index in [0.717, 1.165) is 12.0 Å². The fraction of sp³-hybridized carbons (Fsp3) is 0.267. The van der Waals surface area contributed by atoms with E-state index < -0.39 is 4.92 Å². The molecule has 0 fully saturated rings. The second kappa shape index (κ2) is 6.14. The molecule has 0 bridgehead atoms. The van der Waals surface area contributed by atoms with Gasteiger partial charge in [0.15, 0.2) is 0 Å². The van der Waals surface area contributed by atoms with Crippen molar-refractivity contribution in [1.82, 2.24) is 4.98 Å². The van der Waals surface area contributed by atoms with Gasteiger partial charge in [0.2, 0.25) is 5.82 Å². The molecule has 2 rings (SSSR count). The van der Waals surface area contributed by atoms with Crippen molar-refractivity contribution in [1.29, 1.82) is 0 Å². The van der Waals surface area contributed by atoms with Crippen molar-refractivity contribution in [3.63, 3.8) is 0 Å². The van der Waals surface area contributed by atoms with E-state index in [2.05, 4.69) is 10.3 Å². The Kier molecular flexibility index (Phi) is 4.30. The van der Waals surface area contributed by atoms with Crippen LogP contribution in [0.2, 0.25) is 0 Å². The standard InChI is InChI=1S/C15H17N3O2/c1-3-13(12-8-6-11(2)7-9-12)17-15-14(18(19)20)5-4-10-16-15/h4-10,13H,3H2,1-2H3,(H,16,17)/t13-/m1/s1. The van der Waals surface area contributed by atoms with Crippen molar-refractivity contribution in [3.8, 4) is 0 Å². The summed E-state index contributed by atoms with van der Waals surface area (Å²) in [6, 6.07) is 11.2. The molecule has 0 unspecified atom stereocenters. The molecule has 0 amide bonds. The van der Waals surface area contributed by atoms with Gasteiger partial charge < -0.3 is 5.32 Å². The summed E-state index contributed by atoms with van der Waals surface area (Å²) in [6.45, 7) is 4.06. The molecule has 104 valence electrons. The maximum Gasteiger partial charge on any atom is 0.311 e. The van der Waals surface area contributed by atoms with E-state index in [1.165, 1.54) is 11.6 Å². The maximum absolute atomic E-state index is 11.0. The van der Waals surface area contributed by atoms with Crippen molar-refractivity contribution in [3.05, 3.63) is 63.8 Å². The Labute approximate surface area is 117 Å². The second-order valence-electron chi connectivity index (χ2n) is 4.64. The van der Waals surface area contributed by atoms with Crippen molar-refractivity contribution in [2.24, 2.45) is 0 Å². The first-order valence-electron chi connectivity index (χ1n) is 6.54. The number of rotatable bonds is 5. The molecule has 1 heterocycles. The first-order chi connectivity index (χ1) is 9.61. The molecular weight excluding hydrogens is 254 g/mol. The van der Waals surface area contributed by atoms with Crippen LogP contribution in [-0.2, 0) is 0 Å². The molecule has 1 N–H and O–H groups in total. The SMILES string of the molecule is CC[C@@H](Nc1ncccc1[N+](=O)[O-])c1ccc(C)cc1. The number of nitrogens with zero attached hydrogens (tertiary/aromatic N) is 2. The fourth-order valence-corrected chi connectivity index (χ4v) is 2.04. The topological polar surface area (TPSA) is 68.1 Å². The second-order valence-corrected chi connectivity index (χ2v) is 4.64. The van der Waals surface area contributed by atoms with Crippen LogP contribution in [0.5, 0.6) is 0 Å². The molecule has 0 aliphatic heterocycles. The summed E-state index contributed by atoms with van der Waals surface area (Å²) >= 11 is 0. The number of nitro groups is 1. The van der Waals surface area contributed by atoms with Crippen molar-refractivity contribution < 1.29 is 4.92 Å². The number of aromatic nitrogens is 1. The van der Waals surface area contributed by atoms with E-state index in [1.807, 2.05) is 38.1 Å². The quantitative estimate of drug-likeness (QED) is 0.662. The number of anilines is 1. The number of aryl methyl sites for hydroxylation is 1. The smallest absolute Gasteiger partial charge is 0.311 e. The molecule has 5 heteroatoms. The number of hydrogen-bond acceptors (Lipinski definition) is 4. The Hall–Kier alpha value is -2.43. The highest BCUT2D eigenvalue weighted by molar-refractivity contribution is 5.56. The summed E-state index contributed by atoms with van der Waals surface area (Å²) in [7, 11) is 0. The third kappa shape index (κ3) is 3.12. The van der Waals surface area contributed by atoms with Gasteiger partial charge in [-0.15, -0.1) is 0 Å². The van der Waals surface area contributed by atoms with E-state index in [1.54, 1.807) is 12.3 Å². The molecule has 2 aromatic rings. The molecular formula is C15H17N3O2. The zero-order valence-corrected chi connectivity index (χ0v) is 11.5. The summed E-state index contributed by atoms with van der Waals surface area (Å²) in [5.41, 5.74) is 2.28. The number of nitrogens with one attached hydrogen (secondary N) is 1. The lowest BCUT2D eigenvalue weighted by Gasteiger charge is -2.18. The predicted octanol–water partition coefficient (Wildman–Crippen LogP) is 3.86. The van der Waals surface area contributed by atoms with Crippen LogP contribution in [-0.4, -0.2) is 9.91 Å². The van der Waals surface area contributed by atoms with Crippen LogP contribution in [0.15, 0.2) is 42.6 Å². The summed E-state index contributed by atoms with van der Waals surface area (Å²) in [5.74, 6) is 0.310. The van der Waals surface area contributed by atoms with E-state index in [0.29, 0.717) is 5.82 Å². The van der Waals surface area contributed by atoms with Crippen molar-refractivity contribution in [2.45, 2.75) is 26.3 Å². The highest BCUT2D eigenvalue weighted by atomic mass is 16.6. The Balaban J connectivity index is 2.27. The highest BCUT2D eigenvalue weighted by Gasteiger charge is 2.18. The molecule has 0 aliphatic carbocycles. The van der Waals surface area contributed by atoms with Crippen LogP contribution in [0, 0.1) is 17.0 Å². The highest BCUT2D eigenvalue weighted by Crippen LogP contribution is 2.27. The summed E-state index contributed by atoms with van der Waals surface area (Å²) < 4.78 is 0. The average molecular weight is 271 g/mol. The number of benzene rings is 1. The van der Waals surface area contributed by atoms with E-state index in [4.69, 9.17) is 0 Å². The van der Waals surface area contributed by atoms with Gasteiger partial charge in [-0.1, -0.05) is 36.8 Å². The minimum absolute atomic E-state index is 0.00179. The Morgan fingerprint density at radius 2 is 2.00 bits per heavy atom. The minimum atomic E-state index is -0.419. The normalized spacial score (nSPS) is 11.9. The molecule has 5 nitrogen and oxygen atoms in total. The van der Waals surface area contributed by atoms with Gasteiger partial charge in [0.25, 0.3) is 0 Å². The lowest BCUT2D eigenvalue weighted by molar-refractivity contribution is -0.384. The molecule has 0 saturated carbocycles. The van der Waals surface area contributed by atoms with E-state index >= 15 is 0 Å². The summed E-state index contributed by atoms with van der Waals surface area (Å²) in [5, 5.41) is 14.2. The zero-order chi connectivity index (χ0) is 14.5. The van der Waals surface area contributed by atoms with Gasteiger partial charge >= 0.3 is 5.69 Å². The Morgan fingerprint density at radius 3 is 2.60 bits per heavy atom. The molecule has 0 spiro atoms. The van der Waals surface area contributed by atoms with Crippen LogP contribution in [0.25, 0.3) is 0 Å². The third-order valence-electron chi connectivity index (χ3n) is 3.18. The molecule has 0 saturated heterocycles. The fourth-order valence-electron chi connectivity index (χ4n) is 2.04. The summed E-state index contributed by atoms with van der Waals surface area (Å²) in [4.78, 5) is 14.7. The third-order valence-corrected chi connectivity index (χ3v) is 3.18. The first-order valence-corrected chi connectivity index (χ1v) is 6.54. The average Bonchev–Trinajstić information content (AvgIpc) is 2.46. The molecule has 1 atom stereocenters. The van der Waals surface area contributed by atoms with Gasteiger partial charge in [-0.25, -0.2) is 4.98 Å². The van der Waals surface area contributed by atoms with E-state index in [9.17, 15) is 10.1 Å². The van der Waals surface area contributed by atoms with Gasteiger partial charge in [0.05, 0.1) is 11.0 Å². The monoisotopic (exact) mass is 271 g/mol. The first kappa shape index (κ1) is 14.0. The Morgan fingerprint density at radius 1 is 1.30 bits per heavy atom. The molecule has 0 radical (unpaired) electrons. The van der Waals surface area contributed by atoms with Crippen molar-refractivity contribution >= 4 is 11.5 Å². The largest absolute Gasteiger partial charge is 0.358 e. The molecule has 1 aromatic carbocycles. The van der Waals surface area contributed by atoms with Crippen LogP contribution in [0.3, 0.4) is 0 Å². The summed E-state index contributed by atoms with van der Waals surface area (Å²) in [6.07, 6.45) is 2.37. The minimum Gasteiger partial charge on any atom is -0.358 e. The van der Waals surface area contributed by atoms with Gasteiger partial charge in [-0.2, -0.15) is 0 Å². The van der Waals surface area contributed by atoms with Crippen LogP contribution < -0.4 is 5.32 Å². The predicted molar refractivity (Wildman–Crippen MR) is 78.7 cm³/mol. The number of pyridine rings is 1. The lowest BCUT2D eigenvalue weighted by atomic mass is 10.0. The van der Waals surface area contributed by atoms with E-state index in [-0.39, 0.29) is 11.7 Å². The molecule has 1 aromatic heterocycles. The zero-order valence-electron chi connectivity index (χ0n) is 11.5. The lowest BCUT2D eigenvalue weighted by Crippen LogP contribution is -2.12. The van der Waals surface area contributed by atoms with Gasteiger partial charge in [0.1, 0.15) is 0 Å². The van der Waals surface area contributed by atoms with Gasteiger partial charge in [0, 0.05) is 12.3 Å².